The van der Waals surface area contributed by atoms with Crippen molar-refractivity contribution in [3.05, 3.63) is 71.2 Å². The molecule has 0 saturated carbocycles. The number of rotatable bonds is 2. The summed E-state index contributed by atoms with van der Waals surface area (Å²) in [6, 6.07) is 18.7. The van der Waals surface area contributed by atoms with Crippen LogP contribution in [0.3, 0.4) is 0 Å². The predicted octanol–water partition coefficient (Wildman–Crippen LogP) is 4.89. The van der Waals surface area contributed by atoms with Gasteiger partial charge in [-0.2, -0.15) is 0 Å². The number of carbonyl (C=O) groups excluding carboxylic acids is 1. The highest BCUT2D eigenvalue weighted by Crippen LogP contribution is 2.34. The Bertz CT molecular complexity index is 1170. The zero-order valence-electron chi connectivity index (χ0n) is 15.2. The van der Waals surface area contributed by atoms with Gasteiger partial charge in [-0.15, -0.1) is 11.3 Å². The number of para-hydroxylation sites is 2. The molecular formula is C22H19N3OS. The van der Waals surface area contributed by atoms with E-state index in [0.29, 0.717) is 5.69 Å². The molecule has 0 saturated heterocycles. The number of anilines is 1. The van der Waals surface area contributed by atoms with Crippen LogP contribution < -0.4 is 4.90 Å². The molecule has 0 radical (unpaired) electrons. The van der Waals surface area contributed by atoms with Gasteiger partial charge in [0.15, 0.2) is 0 Å². The van der Waals surface area contributed by atoms with Crippen LogP contribution in [-0.4, -0.2) is 21.5 Å². The standard InChI is InChI=1S/C22H19N3OS/c1-14-11-15-7-4-6-10-19(15)25(14)22(26)17-13-27-21(23-17)20-12-16-8-3-5-9-18(16)24(20)2/h3-10,12-14H,11H2,1-2H3. The van der Waals surface area contributed by atoms with Gasteiger partial charge < -0.3 is 9.47 Å². The molecule has 4 aromatic rings. The minimum Gasteiger partial charge on any atom is -0.342 e. The lowest BCUT2D eigenvalue weighted by atomic mass is 10.1. The minimum atomic E-state index is -0.0197. The van der Waals surface area contributed by atoms with E-state index in [1.807, 2.05) is 47.7 Å². The van der Waals surface area contributed by atoms with Crippen molar-refractivity contribution < 1.29 is 4.79 Å². The Labute approximate surface area is 161 Å². The van der Waals surface area contributed by atoms with E-state index >= 15 is 0 Å². The average Bonchev–Trinajstić information content (AvgIpc) is 3.37. The maximum Gasteiger partial charge on any atom is 0.278 e. The molecule has 3 heterocycles. The van der Waals surface area contributed by atoms with E-state index in [9.17, 15) is 4.79 Å². The van der Waals surface area contributed by atoms with Gasteiger partial charge in [0.05, 0.1) is 5.69 Å². The number of aromatic nitrogens is 2. The molecule has 1 unspecified atom stereocenters. The van der Waals surface area contributed by atoms with Gasteiger partial charge in [0.25, 0.3) is 5.91 Å². The minimum absolute atomic E-state index is 0.0197. The number of amides is 1. The van der Waals surface area contributed by atoms with Gasteiger partial charge in [0.1, 0.15) is 10.7 Å². The molecule has 1 aliphatic rings. The second-order valence-electron chi connectivity index (χ2n) is 7.04. The molecule has 1 atom stereocenters. The molecular weight excluding hydrogens is 354 g/mol. The number of thiazole rings is 1. The smallest absolute Gasteiger partial charge is 0.278 e. The highest BCUT2D eigenvalue weighted by atomic mass is 32.1. The Hall–Kier alpha value is -2.92. The fraction of sp³-hybridized carbons (Fsp3) is 0.182. The Morgan fingerprint density at radius 3 is 2.78 bits per heavy atom. The SMILES string of the molecule is CC1Cc2ccccc2N1C(=O)c1csc(-c2cc3ccccc3n2C)n1. The largest absolute Gasteiger partial charge is 0.342 e. The number of hydrogen-bond donors (Lipinski definition) is 0. The normalized spacial score (nSPS) is 16.1. The lowest BCUT2D eigenvalue weighted by Crippen LogP contribution is -2.35. The van der Waals surface area contributed by atoms with Crippen LogP contribution in [0.1, 0.15) is 23.0 Å². The molecule has 1 aliphatic heterocycles. The first-order valence-electron chi connectivity index (χ1n) is 9.05. The van der Waals surface area contributed by atoms with Gasteiger partial charge in [0, 0.05) is 35.1 Å². The van der Waals surface area contributed by atoms with Crippen molar-refractivity contribution >= 4 is 33.8 Å². The Balaban J connectivity index is 1.52. The third-order valence-corrected chi connectivity index (χ3v) is 6.18. The third-order valence-electron chi connectivity index (χ3n) is 5.32. The van der Waals surface area contributed by atoms with Gasteiger partial charge in [-0.25, -0.2) is 4.98 Å². The van der Waals surface area contributed by atoms with Gasteiger partial charge in [-0.1, -0.05) is 36.4 Å². The van der Waals surface area contributed by atoms with E-state index in [1.165, 1.54) is 22.3 Å². The molecule has 27 heavy (non-hydrogen) atoms. The first-order chi connectivity index (χ1) is 13.1. The van der Waals surface area contributed by atoms with Crippen LogP contribution in [0.2, 0.25) is 0 Å². The van der Waals surface area contributed by atoms with Gasteiger partial charge in [-0.05, 0) is 37.1 Å². The highest BCUT2D eigenvalue weighted by molar-refractivity contribution is 7.13. The second kappa shape index (κ2) is 6.06. The fourth-order valence-corrected chi connectivity index (χ4v) is 4.83. The van der Waals surface area contributed by atoms with Crippen LogP contribution in [0.15, 0.2) is 60.0 Å². The van der Waals surface area contributed by atoms with Crippen LogP contribution in [0, 0.1) is 0 Å². The monoisotopic (exact) mass is 373 g/mol. The Morgan fingerprint density at radius 2 is 1.93 bits per heavy atom. The number of benzene rings is 2. The highest BCUT2D eigenvalue weighted by Gasteiger charge is 2.32. The summed E-state index contributed by atoms with van der Waals surface area (Å²) in [4.78, 5) is 19.8. The van der Waals surface area contributed by atoms with Crippen LogP contribution in [0.25, 0.3) is 21.6 Å². The van der Waals surface area contributed by atoms with Crippen LogP contribution in [-0.2, 0) is 13.5 Å². The topological polar surface area (TPSA) is 38.1 Å². The lowest BCUT2D eigenvalue weighted by Gasteiger charge is -2.21. The zero-order valence-corrected chi connectivity index (χ0v) is 16.0. The number of fused-ring (bicyclic) bond motifs is 2. The number of hydrogen-bond acceptors (Lipinski definition) is 3. The molecule has 1 amide bonds. The lowest BCUT2D eigenvalue weighted by molar-refractivity contribution is 0.0977. The van der Waals surface area contributed by atoms with Crippen molar-refractivity contribution in [2.24, 2.45) is 7.05 Å². The predicted molar refractivity (Wildman–Crippen MR) is 110 cm³/mol. The van der Waals surface area contributed by atoms with Crippen LogP contribution in [0.4, 0.5) is 5.69 Å². The quantitative estimate of drug-likeness (QED) is 0.502. The van der Waals surface area contributed by atoms with E-state index in [1.54, 1.807) is 0 Å². The molecule has 2 aromatic heterocycles. The molecule has 5 heteroatoms. The van der Waals surface area contributed by atoms with Crippen molar-refractivity contribution in [1.29, 1.82) is 0 Å². The summed E-state index contributed by atoms with van der Waals surface area (Å²) in [6.45, 7) is 2.09. The van der Waals surface area contributed by atoms with Crippen LogP contribution >= 0.6 is 11.3 Å². The van der Waals surface area contributed by atoms with Gasteiger partial charge in [0.2, 0.25) is 0 Å². The molecule has 5 rings (SSSR count). The zero-order chi connectivity index (χ0) is 18.5. The molecule has 0 bridgehead atoms. The number of aryl methyl sites for hydroxylation is 1. The summed E-state index contributed by atoms with van der Waals surface area (Å²) in [5, 5.41) is 3.93. The van der Waals surface area contributed by atoms with E-state index in [2.05, 4.69) is 35.8 Å². The number of carbonyl (C=O) groups is 1. The Morgan fingerprint density at radius 1 is 1.15 bits per heavy atom. The maximum atomic E-state index is 13.2. The van der Waals surface area contributed by atoms with E-state index < -0.39 is 0 Å². The summed E-state index contributed by atoms with van der Waals surface area (Å²) in [6.07, 6.45) is 0.891. The second-order valence-corrected chi connectivity index (χ2v) is 7.90. The van der Waals surface area contributed by atoms with Crippen molar-refractivity contribution in [3.63, 3.8) is 0 Å². The molecule has 4 nitrogen and oxygen atoms in total. The third kappa shape index (κ3) is 2.50. The summed E-state index contributed by atoms with van der Waals surface area (Å²) in [5.41, 5.74) is 4.95. The van der Waals surface area contributed by atoms with Crippen LogP contribution in [0.5, 0.6) is 0 Å². The Kier molecular flexibility index (Phi) is 3.65. The summed E-state index contributed by atoms with van der Waals surface area (Å²) in [7, 11) is 2.04. The van der Waals surface area contributed by atoms with Crippen molar-refractivity contribution in [3.8, 4) is 10.7 Å². The summed E-state index contributed by atoms with van der Waals surface area (Å²) in [5.74, 6) is -0.0197. The first kappa shape index (κ1) is 16.3. The van der Waals surface area contributed by atoms with Crippen molar-refractivity contribution in [2.45, 2.75) is 19.4 Å². The van der Waals surface area contributed by atoms with E-state index in [4.69, 9.17) is 4.98 Å². The summed E-state index contributed by atoms with van der Waals surface area (Å²) < 4.78 is 2.14. The first-order valence-corrected chi connectivity index (χ1v) is 9.93. The van der Waals surface area contributed by atoms with Gasteiger partial charge >= 0.3 is 0 Å². The van der Waals surface area contributed by atoms with Crippen molar-refractivity contribution in [2.75, 3.05) is 4.90 Å². The number of nitrogens with zero attached hydrogens (tertiary/aromatic N) is 3. The molecule has 0 spiro atoms. The molecule has 134 valence electrons. The van der Waals surface area contributed by atoms with Crippen molar-refractivity contribution in [1.82, 2.24) is 9.55 Å². The van der Waals surface area contributed by atoms with E-state index in [-0.39, 0.29) is 11.9 Å². The molecule has 0 aliphatic carbocycles. The molecule has 0 N–H and O–H groups in total. The van der Waals surface area contributed by atoms with E-state index in [0.717, 1.165) is 28.3 Å². The molecule has 0 fully saturated rings. The van der Waals surface area contributed by atoms with Gasteiger partial charge in [-0.3, -0.25) is 4.79 Å². The average molecular weight is 373 g/mol. The molecule has 2 aromatic carbocycles. The maximum absolute atomic E-state index is 13.2. The fourth-order valence-electron chi connectivity index (χ4n) is 3.98. The summed E-state index contributed by atoms with van der Waals surface area (Å²) >= 11 is 1.52.